The van der Waals surface area contributed by atoms with E-state index in [9.17, 15) is 13.6 Å². The fourth-order valence-electron chi connectivity index (χ4n) is 4.46. The number of aromatic nitrogens is 4. The van der Waals surface area contributed by atoms with Crippen LogP contribution in [-0.4, -0.2) is 56.0 Å². The van der Waals surface area contributed by atoms with Crippen molar-refractivity contribution in [2.24, 2.45) is 5.92 Å². The van der Waals surface area contributed by atoms with Crippen LogP contribution in [0.4, 0.5) is 8.78 Å². The van der Waals surface area contributed by atoms with E-state index < -0.39 is 24.3 Å². The zero-order chi connectivity index (χ0) is 20.9. The fraction of sp³-hybridized carbons (Fsp3) is 0.429. The Morgan fingerprint density at radius 1 is 1.30 bits per heavy atom. The minimum Gasteiger partial charge on any atom is -0.492 e. The van der Waals surface area contributed by atoms with Gasteiger partial charge in [-0.05, 0) is 31.0 Å². The van der Waals surface area contributed by atoms with Crippen molar-refractivity contribution < 1.29 is 18.3 Å². The number of benzene rings is 1. The summed E-state index contributed by atoms with van der Waals surface area (Å²) in [6.07, 6.45) is 1.49. The maximum atomic E-state index is 14.7. The summed E-state index contributed by atoms with van der Waals surface area (Å²) in [7, 11) is 0. The Morgan fingerprint density at radius 2 is 2.13 bits per heavy atom. The lowest BCUT2D eigenvalue weighted by atomic mass is 9.89. The molecule has 30 heavy (non-hydrogen) atoms. The molecule has 0 N–H and O–H groups in total. The van der Waals surface area contributed by atoms with E-state index in [0.717, 1.165) is 11.3 Å². The third-order valence-electron chi connectivity index (χ3n) is 5.77. The first kappa shape index (κ1) is 18.9. The minimum atomic E-state index is -2.99. The fourth-order valence-corrected chi connectivity index (χ4v) is 4.46. The molecule has 3 aromatic rings. The smallest absolute Gasteiger partial charge is 0.266 e. The van der Waals surface area contributed by atoms with E-state index in [2.05, 4.69) is 15.1 Å². The van der Waals surface area contributed by atoms with Crippen molar-refractivity contribution in [3.63, 3.8) is 0 Å². The summed E-state index contributed by atoms with van der Waals surface area (Å²) < 4.78 is 36.6. The van der Waals surface area contributed by atoms with Crippen LogP contribution < -0.4 is 4.74 Å². The van der Waals surface area contributed by atoms with Gasteiger partial charge >= 0.3 is 0 Å². The second kappa shape index (κ2) is 7.00. The molecule has 0 saturated carbocycles. The van der Waals surface area contributed by atoms with Crippen molar-refractivity contribution in [1.29, 1.82) is 0 Å². The molecule has 0 aliphatic carbocycles. The topological polar surface area (TPSA) is 72.6 Å². The van der Waals surface area contributed by atoms with Gasteiger partial charge in [0.05, 0.1) is 18.2 Å². The highest BCUT2D eigenvalue weighted by Crippen LogP contribution is 2.37. The van der Waals surface area contributed by atoms with Gasteiger partial charge in [-0.2, -0.15) is 10.1 Å². The Bertz CT molecular complexity index is 1120. The van der Waals surface area contributed by atoms with Crippen molar-refractivity contribution >= 4 is 11.7 Å². The van der Waals surface area contributed by atoms with E-state index in [0.29, 0.717) is 23.6 Å². The van der Waals surface area contributed by atoms with Gasteiger partial charge in [0, 0.05) is 24.6 Å². The lowest BCUT2D eigenvalue weighted by Crippen LogP contribution is -2.52. The highest BCUT2D eigenvalue weighted by atomic mass is 19.3. The maximum absolute atomic E-state index is 14.7. The first-order chi connectivity index (χ1) is 14.4. The van der Waals surface area contributed by atoms with E-state index in [1.54, 1.807) is 13.0 Å². The Labute approximate surface area is 171 Å². The van der Waals surface area contributed by atoms with Crippen LogP contribution in [0.2, 0.25) is 0 Å². The number of piperidine rings is 1. The number of ether oxygens (including phenoxy) is 1. The van der Waals surface area contributed by atoms with Crippen LogP contribution in [0, 0.1) is 12.8 Å². The lowest BCUT2D eigenvalue weighted by Gasteiger charge is -2.39. The molecule has 4 heterocycles. The van der Waals surface area contributed by atoms with Gasteiger partial charge in [0.25, 0.3) is 11.7 Å². The average Bonchev–Trinajstić information content (AvgIpc) is 3.19. The number of hydrogen-bond donors (Lipinski definition) is 0. The van der Waals surface area contributed by atoms with E-state index in [-0.39, 0.29) is 25.5 Å². The van der Waals surface area contributed by atoms with Crippen molar-refractivity contribution in [2.45, 2.75) is 31.6 Å². The van der Waals surface area contributed by atoms with Crippen LogP contribution in [0.25, 0.3) is 5.78 Å². The SMILES string of the molecule is Cc1cc(C2CN(C(=O)C3COc4ccccc4C3)CC(F)(F)C2)n2ncnc2n1. The molecule has 7 nitrogen and oxygen atoms in total. The number of alkyl halides is 2. The molecule has 156 valence electrons. The minimum absolute atomic E-state index is 0.199. The number of amides is 1. The standard InChI is InChI=1S/C21H21F2N5O2/c1-13-6-17(28-20(26-13)24-12-25-28)16-8-21(22,23)11-27(9-16)19(29)15-7-14-4-2-3-5-18(14)30-10-15/h2-6,12,15-16H,7-11H2,1H3. The summed E-state index contributed by atoms with van der Waals surface area (Å²) in [5.74, 6) is -3.20. The molecule has 1 amide bonds. The average molecular weight is 413 g/mol. The molecular formula is C21H21F2N5O2. The zero-order valence-electron chi connectivity index (χ0n) is 16.5. The lowest BCUT2D eigenvalue weighted by molar-refractivity contribution is -0.148. The van der Waals surface area contributed by atoms with Gasteiger partial charge in [-0.15, -0.1) is 0 Å². The van der Waals surface area contributed by atoms with Crippen molar-refractivity contribution in [3.05, 3.63) is 53.6 Å². The second-order valence-electron chi connectivity index (χ2n) is 8.09. The van der Waals surface area contributed by atoms with E-state index in [4.69, 9.17) is 4.74 Å². The molecule has 0 bridgehead atoms. The number of aryl methyl sites for hydroxylation is 1. The number of carbonyl (C=O) groups excluding carboxylic acids is 1. The highest BCUT2D eigenvalue weighted by molar-refractivity contribution is 5.80. The van der Waals surface area contributed by atoms with Gasteiger partial charge in [-0.25, -0.2) is 18.3 Å². The van der Waals surface area contributed by atoms with Gasteiger partial charge in [0.15, 0.2) is 0 Å². The van der Waals surface area contributed by atoms with Gasteiger partial charge in [0.2, 0.25) is 5.91 Å². The Morgan fingerprint density at radius 3 is 3.00 bits per heavy atom. The van der Waals surface area contributed by atoms with Gasteiger partial charge < -0.3 is 9.64 Å². The molecule has 2 aromatic heterocycles. The first-order valence-corrected chi connectivity index (χ1v) is 9.94. The summed E-state index contributed by atoms with van der Waals surface area (Å²) in [6.45, 7) is 1.61. The summed E-state index contributed by atoms with van der Waals surface area (Å²) in [5.41, 5.74) is 2.20. The molecule has 1 fully saturated rings. The predicted octanol–water partition coefficient (Wildman–Crippen LogP) is 2.64. The van der Waals surface area contributed by atoms with Crippen LogP contribution in [0.5, 0.6) is 5.75 Å². The normalized spacial score (nSPS) is 23.1. The van der Waals surface area contributed by atoms with Crippen LogP contribution in [0.15, 0.2) is 36.7 Å². The molecule has 2 atom stereocenters. The largest absolute Gasteiger partial charge is 0.492 e. The molecule has 1 saturated heterocycles. The zero-order valence-corrected chi connectivity index (χ0v) is 16.5. The monoisotopic (exact) mass is 413 g/mol. The van der Waals surface area contributed by atoms with E-state index >= 15 is 0 Å². The molecule has 2 unspecified atom stereocenters. The van der Waals surface area contributed by atoms with Crippen molar-refractivity contribution in [2.75, 3.05) is 19.7 Å². The number of carbonyl (C=O) groups is 1. The Kier molecular flexibility index (Phi) is 4.41. The number of halogens is 2. The third-order valence-corrected chi connectivity index (χ3v) is 5.77. The number of rotatable bonds is 2. The van der Waals surface area contributed by atoms with Crippen LogP contribution >= 0.6 is 0 Å². The molecule has 1 aromatic carbocycles. The highest BCUT2D eigenvalue weighted by Gasteiger charge is 2.45. The van der Waals surface area contributed by atoms with Gasteiger partial charge in [-0.1, -0.05) is 18.2 Å². The van der Waals surface area contributed by atoms with Crippen molar-refractivity contribution in [3.8, 4) is 5.75 Å². The Hall–Kier alpha value is -3.10. The summed E-state index contributed by atoms with van der Waals surface area (Å²) in [4.78, 5) is 22.8. The number of nitrogens with zero attached hydrogens (tertiary/aromatic N) is 5. The number of hydrogen-bond acceptors (Lipinski definition) is 5. The molecule has 5 rings (SSSR count). The first-order valence-electron chi connectivity index (χ1n) is 9.94. The molecule has 0 radical (unpaired) electrons. The van der Waals surface area contributed by atoms with Crippen LogP contribution in [0.1, 0.15) is 29.3 Å². The second-order valence-corrected chi connectivity index (χ2v) is 8.09. The molecule has 2 aliphatic heterocycles. The number of para-hydroxylation sites is 1. The number of fused-ring (bicyclic) bond motifs is 2. The third kappa shape index (κ3) is 3.38. The predicted molar refractivity (Wildman–Crippen MR) is 104 cm³/mol. The van der Waals surface area contributed by atoms with Gasteiger partial charge in [0.1, 0.15) is 18.7 Å². The van der Waals surface area contributed by atoms with Crippen LogP contribution in [0.3, 0.4) is 0 Å². The quantitative estimate of drug-likeness (QED) is 0.646. The number of likely N-dealkylation sites (tertiary alicyclic amines) is 1. The van der Waals surface area contributed by atoms with E-state index in [1.807, 2.05) is 24.3 Å². The summed E-state index contributed by atoms with van der Waals surface area (Å²) in [6, 6.07) is 9.27. The van der Waals surface area contributed by atoms with Crippen LogP contribution in [-0.2, 0) is 11.2 Å². The summed E-state index contributed by atoms with van der Waals surface area (Å²) in [5, 5.41) is 4.14. The van der Waals surface area contributed by atoms with Crippen molar-refractivity contribution in [1.82, 2.24) is 24.5 Å². The van der Waals surface area contributed by atoms with E-state index in [1.165, 1.54) is 15.7 Å². The van der Waals surface area contributed by atoms with Gasteiger partial charge in [-0.3, -0.25) is 4.79 Å². The Balaban J connectivity index is 1.42. The molecule has 9 heteroatoms. The molecule has 2 aliphatic rings. The maximum Gasteiger partial charge on any atom is 0.266 e. The summed E-state index contributed by atoms with van der Waals surface area (Å²) >= 11 is 0. The molecular weight excluding hydrogens is 392 g/mol. The molecule has 0 spiro atoms.